The largest absolute Gasteiger partial charge is 0.483 e. The second-order valence-electron chi connectivity index (χ2n) is 8.33. The van der Waals surface area contributed by atoms with Gasteiger partial charge in [-0.25, -0.2) is 10.2 Å². The van der Waals surface area contributed by atoms with Gasteiger partial charge in [0.2, 0.25) is 0 Å². The highest BCUT2D eigenvalue weighted by Crippen LogP contribution is 2.32. The SMILES string of the molecule is CC1CCN(c2cc(F)cc(C(=O)Nc3ccc(OCC(=O)NN)c4ccccc34)c2)CC1. The summed E-state index contributed by atoms with van der Waals surface area (Å²) in [6.07, 6.45) is 2.09. The molecule has 0 atom stereocenters. The van der Waals surface area contributed by atoms with E-state index in [0.717, 1.165) is 42.4 Å². The van der Waals surface area contributed by atoms with Crippen molar-refractivity contribution in [2.75, 3.05) is 29.9 Å². The van der Waals surface area contributed by atoms with Crippen molar-refractivity contribution in [1.29, 1.82) is 0 Å². The Morgan fingerprint density at radius 1 is 1.09 bits per heavy atom. The summed E-state index contributed by atoms with van der Waals surface area (Å²) < 4.78 is 19.9. The Morgan fingerprint density at radius 3 is 2.55 bits per heavy atom. The monoisotopic (exact) mass is 450 g/mol. The van der Waals surface area contributed by atoms with Crippen molar-refractivity contribution in [3.05, 3.63) is 66.0 Å². The van der Waals surface area contributed by atoms with Gasteiger partial charge >= 0.3 is 0 Å². The third-order valence-electron chi connectivity index (χ3n) is 5.95. The molecule has 2 amide bonds. The number of nitrogens with one attached hydrogen (secondary N) is 2. The first-order valence-electron chi connectivity index (χ1n) is 11.0. The first-order valence-corrected chi connectivity index (χ1v) is 11.0. The van der Waals surface area contributed by atoms with Crippen molar-refractivity contribution >= 4 is 34.0 Å². The van der Waals surface area contributed by atoms with Crippen LogP contribution >= 0.6 is 0 Å². The lowest BCUT2D eigenvalue weighted by molar-refractivity contribution is -0.123. The zero-order chi connectivity index (χ0) is 23.4. The number of halogens is 1. The molecule has 1 aliphatic heterocycles. The van der Waals surface area contributed by atoms with Crippen LogP contribution in [0.15, 0.2) is 54.6 Å². The average Bonchev–Trinajstić information content (AvgIpc) is 2.83. The number of carbonyl (C=O) groups excluding carboxylic acids is 2. The smallest absolute Gasteiger partial charge is 0.271 e. The fraction of sp³-hybridized carbons (Fsp3) is 0.280. The molecule has 4 N–H and O–H groups in total. The van der Waals surface area contributed by atoms with E-state index in [1.165, 1.54) is 12.1 Å². The molecule has 1 aliphatic rings. The van der Waals surface area contributed by atoms with Crippen LogP contribution in [0, 0.1) is 11.7 Å². The fourth-order valence-corrected chi connectivity index (χ4v) is 4.04. The average molecular weight is 451 g/mol. The number of nitrogens with zero attached hydrogens (tertiary/aromatic N) is 1. The number of nitrogens with two attached hydrogens (primary N) is 1. The minimum Gasteiger partial charge on any atom is -0.483 e. The van der Waals surface area contributed by atoms with E-state index >= 15 is 0 Å². The third-order valence-corrected chi connectivity index (χ3v) is 5.95. The van der Waals surface area contributed by atoms with Gasteiger partial charge in [0.1, 0.15) is 11.6 Å². The van der Waals surface area contributed by atoms with Gasteiger partial charge in [-0.05, 0) is 49.1 Å². The van der Waals surface area contributed by atoms with Gasteiger partial charge in [-0.15, -0.1) is 0 Å². The number of ether oxygens (including phenoxy) is 1. The molecule has 33 heavy (non-hydrogen) atoms. The second-order valence-corrected chi connectivity index (χ2v) is 8.33. The molecular weight excluding hydrogens is 423 g/mol. The van der Waals surface area contributed by atoms with Crippen molar-refractivity contribution in [2.45, 2.75) is 19.8 Å². The summed E-state index contributed by atoms with van der Waals surface area (Å²) in [6, 6.07) is 15.2. The summed E-state index contributed by atoms with van der Waals surface area (Å²) in [6.45, 7) is 3.68. The maximum absolute atomic E-state index is 14.4. The minimum absolute atomic E-state index is 0.229. The van der Waals surface area contributed by atoms with Crippen molar-refractivity contribution in [3.63, 3.8) is 0 Å². The van der Waals surface area contributed by atoms with E-state index in [-0.39, 0.29) is 12.2 Å². The quantitative estimate of drug-likeness (QED) is 0.301. The van der Waals surface area contributed by atoms with Crippen molar-refractivity contribution in [3.8, 4) is 5.75 Å². The summed E-state index contributed by atoms with van der Waals surface area (Å²) in [5, 5.41) is 4.35. The van der Waals surface area contributed by atoms with Gasteiger partial charge in [-0.2, -0.15) is 0 Å². The summed E-state index contributed by atoms with van der Waals surface area (Å²) in [5.74, 6) is 4.94. The van der Waals surface area contributed by atoms with Crippen molar-refractivity contribution in [1.82, 2.24) is 5.43 Å². The Balaban J connectivity index is 1.57. The zero-order valence-corrected chi connectivity index (χ0v) is 18.4. The van der Waals surface area contributed by atoms with Crippen LogP contribution in [0.3, 0.4) is 0 Å². The van der Waals surface area contributed by atoms with E-state index < -0.39 is 17.6 Å². The molecule has 0 spiro atoms. The number of hydrogen-bond acceptors (Lipinski definition) is 5. The zero-order valence-electron chi connectivity index (χ0n) is 18.4. The molecule has 4 rings (SSSR count). The third kappa shape index (κ3) is 5.23. The fourth-order valence-electron chi connectivity index (χ4n) is 4.04. The van der Waals surface area contributed by atoms with E-state index in [9.17, 15) is 14.0 Å². The highest BCUT2D eigenvalue weighted by atomic mass is 19.1. The molecular formula is C25H27FN4O3. The van der Waals surface area contributed by atoms with E-state index in [4.69, 9.17) is 10.6 Å². The van der Waals surface area contributed by atoms with Crippen LogP contribution in [0.4, 0.5) is 15.8 Å². The lowest BCUT2D eigenvalue weighted by Gasteiger charge is -2.32. The molecule has 1 saturated heterocycles. The first kappa shape index (κ1) is 22.5. The van der Waals surface area contributed by atoms with Crippen molar-refractivity contribution < 1.29 is 18.7 Å². The topological polar surface area (TPSA) is 96.7 Å². The highest BCUT2D eigenvalue weighted by Gasteiger charge is 2.19. The summed E-state index contributed by atoms with van der Waals surface area (Å²) in [5.41, 5.74) is 3.56. The Kier molecular flexibility index (Phi) is 6.74. The Morgan fingerprint density at radius 2 is 1.82 bits per heavy atom. The molecule has 1 heterocycles. The predicted molar refractivity (Wildman–Crippen MR) is 127 cm³/mol. The molecule has 8 heteroatoms. The number of fused-ring (bicyclic) bond motifs is 1. The minimum atomic E-state index is -0.457. The van der Waals surface area contributed by atoms with E-state index in [1.807, 2.05) is 29.7 Å². The Labute approximate surface area is 191 Å². The van der Waals surface area contributed by atoms with Crippen molar-refractivity contribution in [2.24, 2.45) is 11.8 Å². The lowest BCUT2D eigenvalue weighted by Crippen LogP contribution is -2.34. The van der Waals surface area contributed by atoms with Crippen LogP contribution in [-0.4, -0.2) is 31.5 Å². The molecule has 0 unspecified atom stereocenters. The Bertz CT molecular complexity index is 1180. The molecule has 0 bridgehead atoms. The Hall–Kier alpha value is -3.65. The standard InChI is InChI=1S/C25H27FN4O3/c1-16-8-10-30(11-9-16)19-13-17(12-18(26)14-19)25(32)28-22-6-7-23(33-15-24(31)29-27)21-5-3-2-4-20(21)22/h2-7,12-14,16H,8-11,15,27H2,1H3,(H,28,32)(H,29,31). The number of benzene rings is 3. The molecule has 1 fully saturated rings. The van der Waals surface area contributed by atoms with Crippen LogP contribution in [-0.2, 0) is 4.79 Å². The molecule has 3 aromatic carbocycles. The van der Waals surface area contributed by atoms with Crippen LogP contribution < -0.4 is 26.2 Å². The molecule has 3 aromatic rings. The first-order chi connectivity index (χ1) is 15.9. The summed E-state index contributed by atoms with van der Waals surface area (Å²) in [7, 11) is 0. The number of rotatable bonds is 6. The summed E-state index contributed by atoms with van der Waals surface area (Å²) in [4.78, 5) is 26.6. The van der Waals surface area contributed by atoms with Crippen LogP contribution in [0.2, 0.25) is 0 Å². The van der Waals surface area contributed by atoms with Gasteiger partial charge in [0.15, 0.2) is 6.61 Å². The van der Waals surface area contributed by atoms with Gasteiger partial charge in [0.25, 0.3) is 11.8 Å². The van der Waals surface area contributed by atoms with Gasteiger partial charge in [0.05, 0.1) is 0 Å². The molecule has 0 radical (unpaired) electrons. The number of piperidine rings is 1. The maximum Gasteiger partial charge on any atom is 0.271 e. The molecule has 0 aliphatic carbocycles. The molecule has 172 valence electrons. The lowest BCUT2D eigenvalue weighted by atomic mass is 9.98. The second kappa shape index (κ2) is 9.87. The number of anilines is 2. The maximum atomic E-state index is 14.4. The van der Waals surface area contributed by atoms with Crippen LogP contribution in [0.5, 0.6) is 5.75 Å². The number of hydrazine groups is 1. The van der Waals surface area contributed by atoms with Gasteiger partial charge in [-0.1, -0.05) is 31.2 Å². The predicted octanol–water partition coefficient (Wildman–Crippen LogP) is 3.84. The van der Waals surface area contributed by atoms with Crippen LogP contribution in [0.1, 0.15) is 30.1 Å². The van der Waals surface area contributed by atoms with Gasteiger partial charge in [-0.3, -0.25) is 15.0 Å². The molecule has 7 nitrogen and oxygen atoms in total. The van der Waals surface area contributed by atoms with E-state index in [0.29, 0.717) is 17.4 Å². The molecule has 0 saturated carbocycles. The number of amides is 2. The van der Waals surface area contributed by atoms with Gasteiger partial charge < -0.3 is 15.0 Å². The highest BCUT2D eigenvalue weighted by molar-refractivity contribution is 6.10. The van der Waals surface area contributed by atoms with E-state index in [2.05, 4.69) is 17.1 Å². The van der Waals surface area contributed by atoms with Crippen LogP contribution in [0.25, 0.3) is 10.8 Å². The van der Waals surface area contributed by atoms with E-state index in [1.54, 1.807) is 18.2 Å². The number of hydrogen-bond donors (Lipinski definition) is 3. The summed E-state index contributed by atoms with van der Waals surface area (Å²) >= 11 is 0. The molecule has 0 aromatic heterocycles. The number of carbonyl (C=O) groups is 2. The van der Waals surface area contributed by atoms with Gasteiger partial charge in [0, 0.05) is 40.8 Å². The normalized spacial score (nSPS) is 14.2.